The van der Waals surface area contributed by atoms with Crippen molar-refractivity contribution < 1.29 is 44.3 Å². The number of nitrogens with zero attached hydrogens (tertiary/aromatic N) is 2. The molecule has 0 aliphatic rings. The third kappa shape index (κ3) is 5.17. The molecular formula is C24H17N2NaO3S. The largest absolute Gasteiger partial charge is 1.00 e. The molecule has 1 aromatic heterocycles. The van der Waals surface area contributed by atoms with Gasteiger partial charge in [0.05, 0.1) is 17.7 Å². The van der Waals surface area contributed by atoms with Crippen LogP contribution in [-0.2, 0) is 11.2 Å². The first-order valence-electron chi connectivity index (χ1n) is 9.35. The molecule has 0 unspecified atom stereocenters. The van der Waals surface area contributed by atoms with E-state index in [1.165, 1.54) is 0 Å². The number of hydrogen-bond acceptors (Lipinski definition) is 6. The summed E-state index contributed by atoms with van der Waals surface area (Å²) in [6, 6.07) is 21.3. The Morgan fingerprint density at radius 2 is 1.55 bits per heavy atom. The van der Waals surface area contributed by atoms with Crippen molar-refractivity contribution in [3.63, 3.8) is 0 Å². The van der Waals surface area contributed by atoms with Crippen molar-refractivity contribution in [1.82, 2.24) is 8.75 Å². The summed E-state index contributed by atoms with van der Waals surface area (Å²) in [5.41, 5.74) is 4.03. The second-order valence-corrected chi connectivity index (χ2v) is 7.49. The minimum atomic E-state index is -1.40. The summed E-state index contributed by atoms with van der Waals surface area (Å²) in [5, 5.41) is 12.2. The van der Waals surface area contributed by atoms with Crippen LogP contribution in [0.15, 0.2) is 78.4 Å². The Morgan fingerprint density at radius 3 is 2.23 bits per heavy atom. The van der Waals surface area contributed by atoms with E-state index in [1.807, 2.05) is 37.3 Å². The molecule has 0 amide bonds. The molecule has 0 N–H and O–H groups in total. The predicted molar refractivity (Wildman–Crippen MR) is 115 cm³/mol. The maximum absolute atomic E-state index is 13.4. The van der Waals surface area contributed by atoms with E-state index in [-0.39, 0.29) is 52.9 Å². The monoisotopic (exact) mass is 436 g/mol. The smallest absolute Gasteiger partial charge is 0.545 e. The number of hydrogen-bond donors (Lipinski definition) is 0. The third-order valence-corrected chi connectivity index (χ3v) is 5.42. The zero-order chi connectivity index (χ0) is 21.1. The van der Waals surface area contributed by atoms with Gasteiger partial charge in [0.1, 0.15) is 11.0 Å². The van der Waals surface area contributed by atoms with Gasteiger partial charge >= 0.3 is 29.6 Å². The van der Waals surface area contributed by atoms with Crippen molar-refractivity contribution in [2.45, 2.75) is 13.3 Å². The van der Waals surface area contributed by atoms with Crippen LogP contribution < -0.4 is 34.7 Å². The summed E-state index contributed by atoms with van der Waals surface area (Å²) in [7, 11) is 0. The molecule has 0 fully saturated rings. The van der Waals surface area contributed by atoms with Crippen molar-refractivity contribution in [2.24, 2.45) is 0 Å². The van der Waals surface area contributed by atoms with Gasteiger partial charge in [0.2, 0.25) is 0 Å². The molecular weight excluding hydrogens is 419 g/mol. The van der Waals surface area contributed by atoms with E-state index in [9.17, 15) is 14.7 Å². The molecule has 0 atom stereocenters. The molecule has 0 bridgehead atoms. The van der Waals surface area contributed by atoms with Gasteiger partial charge in [-0.05, 0) is 30.2 Å². The maximum Gasteiger partial charge on any atom is 1.00 e. The van der Waals surface area contributed by atoms with E-state index in [0.717, 1.165) is 22.9 Å². The molecule has 31 heavy (non-hydrogen) atoms. The average Bonchev–Trinajstić information content (AvgIpc) is 3.22. The van der Waals surface area contributed by atoms with E-state index in [4.69, 9.17) is 0 Å². The number of carbonyl (C=O) groups excluding carboxylic acids is 2. The van der Waals surface area contributed by atoms with Crippen LogP contribution in [0.25, 0.3) is 16.6 Å². The van der Waals surface area contributed by atoms with Crippen molar-refractivity contribution >= 4 is 40.1 Å². The second-order valence-electron chi connectivity index (χ2n) is 6.97. The molecule has 1 heterocycles. The summed E-state index contributed by atoms with van der Waals surface area (Å²) in [5.74, 6) is -1.74. The third-order valence-electron chi connectivity index (χ3n) is 4.86. The normalized spacial score (nSPS) is 11.5. The Labute approximate surface area is 206 Å². The number of allylic oxidation sites excluding steroid dienone is 1. The first kappa shape index (κ1) is 23.0. The first-order chi connectivity index (χ1) is 14.5. The van der Waals surface area contributed by atoms with Gasteiger partial charge in [-0.1, -0.05) is 66.2 Å². The second kappa shape index (κ2) is 10.1. The number of carboxylic acid groups (broad SMARTS) is 1. The minimum absolute atomic E-state index is 0. The number of aryl methyl sites for hydroxylation is 1. The van der Waals surface area contributed by atoms with Crippen LogP contribution in [0.3, 0.4) is 0 Å². The van der Waals surface area contributed by atoms with Gasteiger partial charge in [-0.2, -0.15) is 8.75 Å². The van der Waals surface area contributed by atoms with Gasteiger partial charge in [0, 0.05) is 23.1 Å². The Morgan fingerprint density at radius 1 is 0.871 bits per heavy atom. The quantitative estimate of drug-likeness (QED) is 0.252. The first-order valence-corrected chi connectivity index (χ1v) is 10.1. The summed E-state index contributed by atoms with van der Waals surface area (Å²) in [6.07, 6.45) is 0.171. The summed E-state index contributed by atoms with van der Waals surface area (Å²) >= 11 is 1.05. The Kier molecular flexibility index (Phi) is 7.51. The number of fused-ring (bicyclic) bond motifs is 1. The fourth-order valence-corrected chi connectivity index (χ4v) is 3.83. The number of benzene rings is 3. The topological polar surface area (TPSA) is 83.0 Å². The summed E-state index contributed by atoms with van der Waals surface area (Å²) in [4.78, 5) is 25.6. The van der Waals surface area contributed by atoms with Crippen LogP contribution in [0.1, 0.15) is 27.0 Å². The molecule has 0 radical (unpaired) electrons. The van der Waals surface area contributed by atoms with Crippen molar-refractivity contribution in [3.8, 4) is 0 Å². The zero-order valence-electron chi connectivity index (χ0n) is 17.2. The van der Waals surface area contributed by atoms with Gasteiger partial charge in [0.25, 0.3) is 0 Å². The number of ketones is 1. The standard InChI is InChI=1S/C24H18N2O3S.Na/c1-15-7-9-16(10-8-15)13-19(23(27)17-5-3-2-4-6-17)22(24(28)29)18-11-12-20-21(14-18)26-30-25-20;/h2-12,14H,13H2,1H3,(H,28,29);/q;+1/p-1. The fourth-order valence-electron chi connectivity index (χ4n) is 3.31. The number of Topliss-reactive ketones (excluding diaryl/α,β-unsaturated/α-hetero) is 1. The fraction of sp³-hybridized carbons (Fsp3) is 0.0833. The SMILES string of the molecule is Cc1ccc(CC(C(=O)c2ccccc2)=C(C(=O)[O-])c2ccc3nsnc3c2)cc1.[Na+]. The Hall–Kier alpha value is -2.64. The number of aliphatic carboxylic acids is 1. The van der Waals surface area contributed by atoms with Gasteiger partial charge in [-0.25, -0.2) is 0 Å². The molecule has 0 spiro atoms. The molecule has 4 aromatic rings. The van der Waals surface area contributed by atoms with E-state index in [1.54, 1.807) is 42.5 Å². The summed E-state index contributed by atoms with van der Waals surface area (Å²) in [6.45, 7) is 1.97. The van der Waals surface area contributed by atoms with Gasteiger partial charge in [-0.15, -0.1) is 0 Å². The van der Waals surface area contributed by atoms with Crippen molar-refractivity contribution in [3.05, 3.63) is 101 Å². The maximum atomic E-state index is 13.4. The van der Waals surface area contributed by atoms with Crippen LogP contribution >= 0.6 is 11.7 Å². The molecule has 5 nitrogen and oxygen atoms in total. The molecule has 7 heteroatoms. The minimum Gasteiger partial charge on any atom is -0.545 e. The van der Waals surface area contributed by atoms with Gasteiger partial charge in [0.15, 0.2) is 5.78 Å². The van der Waals surface area contributed by atoms with Crippen LogP contribution in [0, 0.1) is 6.92 Å². The predicted octanol–water partition coefficient (Wildman–Crippen LogP) is 0.633. The van der Waals surface area contributed by atoms with Gasteiger partial charge < -0.3 is 9.90 Å². The van der Waals surface area contributed by atoms with Gasteiger partial charge in [-0.3, -0.25) is 4.79 Å². The van der Waals surface area contributed by atoms with E-state index < -0.39 is 5.97 Å². The van der Waals surface area contributed by atoms with Crippen LogP contribution in [-0.4, -0.2) is 20.5 Å². The van der Waals surface area contributed by atoms with E-state index >= 15 is 0 Å². The van der Waals surface area contributed by atoms with E-state index in [0.29, 0.717) is 22.2 Å². The molecule has 0 saturated carbocycles. The average molecular weight is 436 g/mol. The van der Waals surface area contributed by atoms with Crippen LogP contribution in [0.5, 0.6) is 0 Å². The Balaban J connectivity index is 0.00000272. The number of aromatic nitrogens is 2. The number of carboxylic acids is 1. The van der Waals surface area contributed by atoms with Crippen LogP contribution in [0.4, 0.5) is 0 Å². The van der Waals surface area contributed by atoms with Crippen molar-refractivity contribution in [2.75, 3.05) is 0 Å². The number of carbonyl (C=O) groups is 2. The number of rotatable bonds is 6. The molecule has 0 aliphatic heterocycles. The molecule has 0 saturated heterocycles. The summed E-state index contributed by atoms with van der Waals surface area (Å²) < 4.78 is 8.34. The molecule has 3 aromatic carbocycles. The van der Waals surface area contributed by atoms with Crippen LogP contribution in [0.2, 0.25) is 0 Å². The molecule has 4 rings (SSSR count). The Bertz CT molecular complexity index is 1260. The van der Waals surface area contributed by atoms with Crippen molar-refractivity contribution in [1.29, 1.82) is 0 Å². The molecule has 148 valence electrons. The van der Waals surface area contributed by atoms with E-state index in [2.05, 4.69) is 8.75 Å². The zero-order valence-corrected chi connectivity index (χ0v) is 20.0. The molecule has 0 aliphatic carbocycles.